The molecule has 4 atom stereocenters. The fourth-order valence-electron chi connectivity index (χ4n) is 7.69. The zero-order valence-corrected chi connectivity index (χ0v) is 42.0. The van der Waals surface area contributed by atoms with Crippen molar-refractivity contribution in [2.24, 2.45) is 0 Å². The fourth-order valence-corrected chi connectivity index (χ4v) is 8.17. The molecule has 18 heteroatoms. The predicted molar refractivity (Wildman–Crippen MR) is 269 cm³/mol. The molecule has 4 aromatic carbocycles. The van der Waals surface area contributed by atoms with Gasteiger partial charge in [-0.25, -0.2) is 0 Å². The van der Waals surface area contributed by atoms with Crippen LogP contribution in [0.25, 0.3) is 11.1 Å². The van der Waals surface area contributed by atoms with Gasteiger partial charge in [0.15, 0.2) is 0 Å². The summed E-state index contributed by atoms with van der Waals surface area (Å²) in [7, 11) is 2.88. The van der Waals surface area contributed by atoms with E-state index in [0.29, 0.717) is 56.4 Å². The molecule has 0 aliphatic carbocycles. The lowest BCUT2D eigenvalue weighted by molar-refractivity contribution is -0.144. The Morgan fingerprint density at radius 1 is 0.583 bits per heavy atom. The number of carboxylic acid groups (broad SMARTS) is 2. The molecule has 0 fully saturated rings. The SMILES string of the molecule is CO[C@H](C)[C@H](NCc1cc(Cl)c(OCc2cccc(-c3cccc(COc4cc(OCc5cncc(C#N)c5)c(CN[C@H](C(=O)O)[C@@H](C)OC)cc4Cl)c3C)c2C)cc1OCc1cncc(C#N)c1)C(=O)O. The first-order chi connectivity index (χ1) is 34.6. The standard InChI is InChI=1S/C54H54Cl2N6O10/c1-31-39(29-71-49-17-47(69-27-37-13-35(19-57)21-59-23-37)41(15-45(49)55)25-61-51(53(63)64)33(3)67-5)9-7-11-43(31)44-12-8-10-40(32(44)2)30-72-50-18-48(70-28-38-14-36(20-58)22-60-24-38)42(16-46(50)56)26-62-52(54(65)66)34(4)68-6/h7-18,21-24,33-34,51-52,61-62H,25-30H2,1-6H3,(H,63,64)(H,65,66)/t33-,34-,51+,52+/m1/s1. The Labute approximate surface area is 428 Å². The van der Waals surface area contributed by atoms with Gasteiger partial charge in [0.2, 0.25) is 0 Å². The van der Waals surface area contributed by atoms with Crippen molar-refractivity contribution in [1.29, 1.82) is 10.5 Å². The van der Waals surface area contributed by atoms with E-state index in [-0.39, 0.29) is 49.6 Å². The molecule has 6 aromatic rings. The second kappa shape index (κ2) is 25.7. The van der Waals surface area contributed by atoms with E-state index in [1.807, 2.05) is 50.2 Å². The molecule has 0 aliphatic heterocycles. The summed E-state index contributed by atoms with van der Waals surface area (Å²) in [5, 5.41) is 45.1. The number of hydrogen-bond donors (Lipinski definition) is 4. The van der Waals surface area contributed by atoms with Gasteiger partial charge >= 0.3 is 11.9 Å². The molecular formula is C54H54Cl2N6O10. The van der Waals surface area contributed by atoms with Gasteiger partial charge in [-0.15, -0.1) is 0 Å². The number of aliphatic carboxylic acids is 2. The van der Waals surface area contributed by atoms with Gasteiger partial charge in [-0.3, -0.25) is 30.2 Å². The lowest BCUT2D eigenvalue weighted by Gasteiger charge is -2.22. The zero-order valence-electron chi connectivity index (χ0n) is 40.5. The number of halogens is 2. The first-order valence-corrected chi connectivity index (χ1v) is 23.4. The Morgan fingerprint density at radius 3 is 1.33 bits per heavy atom. The summed E-state index contributed by atoms with van der Waals surface area (Å²) in [4.78, 5) is 32.4. The average molecular weight is 1020 g/mol. The third-order valence-electron chi connectivity index (χ3n) is 12.1. The predicted octanol–water partition coefficient (Wildman–Crippen LogP) is 9.28. The van der Waals surface area contributed by atoms with Crippen LogP contribution in [0.5, 0.6) is 23.0 Å². The third kappa shape index (κ3) is 14.0. The quantitative estimate of drug-likeness (QED) is 0.0419. The number of rotatable bonds is 25. The summed E-state index contributed by atoms with van der Waals surface area (Å²) in [6.07, 6.45) is 4.85. The summed E-state index contributed by atoms with van der Waals surface area (Å²) in [5.74, 6) is -0.703. The van der Waals surface area contributed by atoms with E-state index < -0.39 is 36.2 Å². The van der Waals surface area contributed by atoms with Crippen LogP contribution in [0.1, 0.15) is 69.5 Å². The van der Waals surface area contributed by atoms with Crippen LogP contribution in [0.2, 0.25) is 10.0 Å². The van der Waals surface area contributed by atoms with Crippen LogP contribution in [0, 0.1) is 36.5 Å². The molecule has 0 bridgehead atoms. The van der Waals surface area contributed by atoms with Gasteiger partial charge in [0.1, 0.15) is 73.6 Å². The maximum absolute atomic E-state index is 12.1. The van der Waals surface area contributed by atoms with Crippen molar-refractivity contribution in [3.05, 3.63) is 163 Å². The minimum absolute atomic E-state index is 0.0641. The molecule has 2 heterocycles. The molecule has 0 saturated heterocycles. The first-order valence-electron chi connectivity index (χ1n) is 22.6. The van der Waals surface area contributed by atoms with Gasteiger partial charge in [0, 0.05) is 86.5 Å². The van der Waals surface area contributed by atoms with E-state index in [4.69, 9.17) is 51.6 Å². The van der Waals surface area contributed by atoms with Crippen LogP contribution in [0.3, 0.4) is 0 Å². The number of nitriles is 2. The van der Waals surface area contributed by atoms with Crippen molar-refractivity contribution in [2.75, 3.05) is 14.2 Å². The lowest BCUT2D eigenvalue weighted by atomic mass is 9.92. The van der Waals surface area contributed by atoms with Crippen molar-refractivity contribution in [3.63, 3.8) is 0 Å². The Morgan fingerprint density at radius 2 is 0.972 bits per heavy atom. The Kier molecular flexibility index (Phi) is 19.3. The van der Waals surface area contributed by atoms with Crippen molar-refractivity contribution in [3.8, 4) is 46.3 Å². The van der Waals surface area contributed by atoms with Crippen LogP contribution in [-0.2, 0) is 58.6 Å². The number of carboxylic acids is 2. The van der Waals surface area contributed by atoms with E-state index >= 15 is 0 Å². The molecule has 2 aromatic heterocycles. The number of carbonyl (C=O) groups is 2. The van der Waals surface area contributed by atoms with Crippen LogP contribution >= 0.6 is 23.2 Å². The van der Waals surface area contributed by atoms with E-state index in [1.165, 1.54) is 26.6 Å². The van der Waals surface area contributed by atoms with Crippen molar-refractivity contribution in [1.82, 2.24) is 20.6 Å². The van der Waals surface area contributed by atoms with Gasteiger partial charge in [-0.05, 0) is 85.3 Å². The zero-order chi connectivity index (χ0) is 51.9. The number of hydrogen-bond acceptors (Lipinski definition) is 14. The van der Waals surface area contributed by atoms with Crippen molar-refractivity contribution in [2.45, 2.75) is 91.5 Å². The van der Waals surface area contributed by atoms with E-state index in [2.05, 4.69) is 32.7 Å². The van der Waals surface area contributed by atoms with E-state index in [0.717, 1.165) is 33.4 Å². The Hall–Kier alpha value is -7.28. The third-order valence-corrected chi connectivity index (χ3v) is 12.6. The van der Waals surface area contributed by atoms with Crippen LogP contribution in [-0.4, -0.2) is 70.6 Å². The fraction of sp³-hybridized carbons (Fsp3) is 0.296. The Balaban J connectivity index is 1.22. The summed E-state index contributed by atoms with van der Waals surface area (Å²) in [6, 6.07) is 24.1. The second-order valence-electron chi connectivity index (χ2n) is 16.8. The van der Waals surface area contributed by atoms with Gasteiger partial charge in [0.05, 0.1) is 33.4 Å². The highest BCUT2D eigenvalue weighted by atomic mass is 35.5. The highest BCUT2D eigenvalue weighted by Crippen LogP contribution is 2.37. The van der Waals surface area contributed by atoms with Gasteiger partial charge < -0.3 is 38.6 Å². The number of benzene rings is 4. The highest BCUT2D eigenvalue weighted by molar-refractivity contribution is 6.32. The molecular weight excluding hydrogens is 964 g/mol. The average Bonchev–Trinajstić information content (AvgIpc) is 3.37. The van der Waals surface area contributed by atoms with Crippen LogP contribution in [0.4, 0.5) is 0 Å². The van der Waals surface area contributed by atoms with E-state index in [9.17, 15) is 30.3 Å². The number of nitrogens with zero attached hydrogens (tertiary/aromatic N) is 4. The normalized spacial score (nSPS) is 12.7. The van der Waals surface area contributed by atoms with Crippen LogP contribution in [0.15, 0.2) is 97.6 Å². The minimum Gasteiger partial charge on any atom is -0.488 e. The molecule has 4 N–H and O–H groups in total. The topological polar surface area (TPSA) is 227 Å². The maximum atomic E-state index is 12.1. The molecule has 0 saturated carbocycles. The van der Waals surface area contributed by atoms with Crippen molar-refractivity contribution >= 4 is 35.1 Å². The number of aromatic nitrogens is 2. The smallest absolute Gasteiger partial charge is 0.323 e. The lowest BCUT2D eigenvalue weighted by Crippen LogP contribution is -2.45. The molecule has 0 radical (unpaired) electrons. The van der Waals surface area contributed by atoms with Crippen LogP contribution < -0.4 is 29.6 Å². The molecule has 0 aliphatic rings. The van der Waals surface area contributed by atoms with Gasteiger partial charge in [-0.2, -0.15) is 10.5 Å². The molecule has 16 nitrogen and oxygen atoms in total. The largest absolute Gasteiger partial charge is 0.488 e. The monoisotopic (exact) mass is 1020 g/mol. The summed E-state index contributed by atoms with van der Waals surface area (Å²) >= 11 is 13.7. The number of nitrogens with one attached hydrogen (secondary N) is 2. The maximum Gasteiger partial charge on any atom is 0.323 e. The number of methoxy groups -OCH3 is 2. The molecule has 72 heavy (non-hydrogen) atoms. The van der Waals surface area contributed by atoms with Gasteiger partial charge in [0.25, 0.3) is 0 Å². The first kappa shape index (κ1) is 54.1. The molecule has 0 amide bonds. The van der Waals surface area contributed by atoms with Gasteiger partial charge in [-0.1, -0.05) is 59.6 Å². The number of pyridine rings is 2. The summed E-state index contributed by atoms with van der Waals surface area (Å²) in [6.45, 7) is 7.94. The van der Waals surface area contributed by atoms with E-state index in [1.54, 1.807) is 62.6 Å². The summed E-state index contributed by atoms with van der Waals surface area (Å²) in [5.41, 5.74) is 8.89. The minimum atomic E-state index is -1.08. The summed E-state index contributed by atoms with van der Waals surface area (Å²) < 4.78 is 35.8. The Bertz CT molecular complexity index is 2780. The molecule has 6 rings (SSSR count). The second-order valence-corrected chi connectivity index (χ2v) is 17.6. The molecule has 0 unspecified atom stereocenters. The highest BCUT2D eigenvalue weighted by Gasteiger charge is 2.27. The molecule has 374 valence electrons. The number of ether oxygens (including phenoxy) is 6. The van der Waals surface area contributed by atoms with Crippen molar-refractivity contribution < 1.29 is 48.2 Å². The molecule has 0 spiro atoms.